The molecular weight excluding hydrogens is 332 g/mol. The number of halogens is 1. The van der Waals surface area contributed by atoms with Crippen molar-refractivity contribution in [1.29, 1.82) is 0 Å². The Balaban J connectivity index is 1.66. The fraction of sp³-hybridized carbons (Fsp3) is 0.438. The number of hydrogen-bond donors (Lipinski definition) is 1. The number of nitrogens with one attached hydrogen (secondary N) is 1. The summed E-state index contributed by atoms with van der Waals surface area (Å²) in [7, 11) is 0. The summed E-state index contributed by atoms with van der Waals surface area (Å²) in [5.41, 5.74) is 0.700. The Hall–Kier alpha value is -1.53. The van der Waals surface area contributed by atoms with E-state index >= 15 is 0 Å². The second-order valence-electron chi connectivity index (χ2n) is 5.62. The molecule has 0 spiro atoms. The van der Waals surface area contributed by atoms with Gasteiger partial charge in [0, 0.05) is 23.2 Å². The molecule has 1 aliphatic carbocycles. The number of nitrogens with zero attached hydrogens (tertiary/aromatic N) is 3. The van der Waals surface area contributed by atoms with Crippen LogP contribution in [0.15, 0.2) is 29.4 Å². The highest BCUT2D eigenvalue weighted by molar-refractivity contribution is 8.00. The quantitative estimate of drug-likeness (QED) is 0.801. The predicted octanol–water partition coefficient (Wildman–Crippen LogP) is 3.95. The molecule has 1 aromatic heterocycles. The van der Waals surface area contributed by atoms with E-state index in [2.05, 4.69) is 27.0 Å². The van der Waals surface area contributed by atoms with Gasteiger partial charge in [0.2, 0.25) is 5.91 Å². The van der Waals surface area contributed by atoms with Gasteiger partial charge >= 0.3 is 0 Å². The minimum absolute atomic E-state index is 0.0732. The van der Waals surface area contributed by atoms with Crippen molar-refractivity contribution in [3.63, 3.8) is 0 Å². The van der Waals surface area contributed by atoms with Gasteiger partial charge in [0.25, 0.3) is 0 Å². The number of benzene rings is 1. The minimum atomic E-state index is -0.268. The summed E-state index contributed by atoms with van der Waals surface area (Å²) in [6, 6.07) is 7.14. The number of thioether (sulfide) groups is 1. The normalized spacial score (nSPS) is 15.4. The lowest BCUT2D eigenvalue weighted by atomic mass is 10.3. The number of aromatic nitrogens is 3. The third kappa shape index (κ3) is 3.87. The van der Waals surface area contributed by atoms with Crippen LogP contribution >= 0.6 is 23.4 Å². The van der Waals surface area contributed by atoms with Crippen LogP contribution in [0.25, 0.3) is 0 Å². The molecule has 0 radical (unpaired) electrons. The molecule has 1 N–H and O–H groups in total. The number of anilines is 1. The van der Waals surface area contributed by atoms with Gasteiger partial charge in [0.05, 0.1) is 5.25 Å². The Morgan fingerprint density at radius 1 is 1.48 bits per heavy atom. The molecule has 1 fully saturated rings. The van der Waals surface area contributed by atoms with Gasteiger partial charge in [-0.1, -0.05) is 29.4 Å². The third-order valence-corrected chi connectivity index (χ3v) is 5.06. The van der Waals surface area contributed by atoms with Gasteiger partial charge in [-0.25, -0.2) is 0 Å². The fourth-order valence-electron chi connectivity index (χ4n) is 2.35. The van der Waals surface area contributed by atoms with Gasteiger partial charge in [-0.2, -0.15) is 0 Å². The van der Waals surface area contributed by atoms with Crippen molar-refractivity contribution in [3.05, 3.63) is 35.1 Å². The van der Waals surface area contributed by atoms with Gasteiger partial charge in [-0.3, -0.25) is 4.79 Å². The molecule has 23 heavy (non-hydrogen) atoms. The Kier molecular flexibility index (Phi) is 4.92. The van der Waals surface area contributed by atoms with E-state index in [0.29, 0.717) is 16.6 Å². The molecule has 122 valence electrons. The summed E-state index contributed by atoms with van der Waals surface area (Å²) in [6.45, 7) is 4.77. The molecule has 1 aromatic carbocycles. The van der Waals surface area contributed by atoms with Crippen LogP contribution in [-0.4, -0.2) is 25.9 Å². The van der Waals surface area contributed by atoms with Crippen molar-refractivity contribution >= 4 is 35.0 Å². The highest BCUT2D eigenvalue weighted by atomic mass is 35.5. The summed E-state index contributed by atoms with van der Waals surface area (Å²) in [5.74, 6) is 1.53. The zero-order chi connectivity index (χ0) is 16.4. The summed E-state index contributed by atoms with van der Waals surface area (Å²) in [5, 5.41) is 12.6. The van der Waals surface area contributed by atoms with Crippen molar-refractivity contribution < 1.29 is 4.79 Å². The molecule has 0 aliphatic heterocycles. The van der Waals surface area contributed by atoms with Crippen LogP contribution in [-0.2, 0) is 11.3 Å². The van der Waals surface area contributed by atoms with E-state index < -0.39 is 0 Å². The predicted molar refractivity (Wildman–Crippen MR) is 93.1 cm³/mol. The maximum atomic E-state index is 12.3. The van der Waals surface area contributed by atoms with E-state index in [1.165, 1.54) is 24.6 Å². The van der Waals surface area contributed by atoms with Crippen LogP contribution in [0, 0.1) is 0 Å². The third-order valence-electron chi connectivity index (χ3n) is 3.75. The summed E-state index contributed by atoms with van der Waals surface area (Å²) >= 11 is 7.37. The molecule has 1 aliphatic rings. The first-order valence-corrected chi connectivity index (χ1v) is 9.00. The SMILES string of the molecule is CCn1c(S[C@H](C)C(=O)Nc2cccc(Cl)c2)nnc1C1CC1. The lowest BCUT2D eigenvalue weighted by Gasteiger charge is -2.12. The van der Waals surface area contributed by atoms with Crippen LogP contribution in [0.4, 0.5) is 5.69 Å². The first kappa shape index (κ1) is 16.3. The summed E-state index contributed by atoms with van der Waals surface area (Å²) in [6.07, 6.45) is 2.38. The van der Waals surface area contributed by atoms with Gasteiger partial charge in [-0.05, 0) is 44.9 Å². The maximum Gasteiger partial charge on any atom is 0.237 e. The lowest BCUT2D eigenvalue weighted by Crippen LogP contribution is -2.23. The number of carbonyl (C=O) groups excluding carboxylic acids is 1. The van der Waals surface area contributed by atoms with Gasteiger partial charge < -0.3 is 9.88 Å². The highest BCUT2D eigenvalue weighted by Crippen LogP contribution is 2.40. The Labute approximate surface area is 144 Å². The van der Waals surface area contributed by atoms with Crippen LogP contribution in [0.3, 0.4) is 0 Å². The second-order valence-corrected chi connectivity index (χ2v) is 7.36. The number of hydrogen-bond acceptors (Lipinski definition) is 4. The zero-order valence-electron chi connectivity index (χ0n) is 13.1. The molecule has 1 heterocycles. The van der Waals surface area contributed by atoms with Crippen molar-refractivity contribution in [2.24, 2.45) is 0 Å². The minimum Gasteiger partial charge on any atom is -0.325 e. The average molecular weight is 351 g/mol. The molecule has 1 saturated carbocycles. The molecule has 7 heteroatoms. The maximum absolute atomic E-state index is 12.3. The van der Waals surface area contributed by atoms with E-state index in [1.54, 1.807) is 12.1 Å². The van der Waals surface area contributed by atoms with Gasteiger partial charge in [0.15, 0.2) is 5.16 Å². The van der Waals surface area contributed by atoms with Crippen molar-refractivity contribution in [2.45, 2.75) is 49.6 Å². The second kappa shape index (κ2) is 6.93. The first-order chi connectivity index (χ1) is 11.1. The van der Waals surface area contributed by atoms with Crippen molar-refractivity contribution in [3.8, 4) is 0 Å². The molecule has 0 saturated heterocycles. The van der Waals surface area contributed by atoms with Gasteiger partial charge in [0.1, 0.15) is 5.82 Å². The van der Waals surface area contributed by atoms with Crippen molar-refractivity contribution in [2.75, 3.05) is 5.32 Å². The molecule has 0 bridgehead atoms. The topological polar surface area (TPSA) is 59.8 Å². The van der Waals surface area contributed by atoms with E-state index in [9.17, 15) is 4.79 Å². The molecule has 5 nitrogen and oxygen atoms in total. The van der Waals surface area contributed by atoms with E-state index in [-0.39, 0.29) is 11.2 Å². The smallest absolute Gasteiger partial charge is 0.237 e. The molecular formula is C16H19ClN4OS. The van der Waals surface area contributed by atoms with E-state index in [0.717, 1.165) is 17.5 Å². The molecule has 2 aromatic rings. The number of carbonyl (C=O) groups is 1. The molecule has 3 rings (SSSR count). The molecule has 0 unspecified atom stereocenters. The molecule has 1 atom stereocenters. The highest BCUT2D eigenvalue weighted by Gasteiger charge is 2.30. The van der Waals surface area contributed by atoms with E-state index in [4.69, 9.17) is 11.6 Å². The van der Waals surface area contributed by atoms with Crippen LogP contribution < -0.4 is 5.32 Å². The first-order valence-electron chi connectivity index (χ1n) is 7.74. The van der Waals surface area contributed by atoms with Crippen LogP contribution in [0.1, 0.15) is 38.4 Å². The standard InChI is InChI=1S/C16H19ClN4OS/c1-3-21-14(11-7-8-11)19-20-16(21)23-10(2)15(22)18-13-6-4-5-12(17)9-13/h4-6,9-11H,3,7-8H2,1-2H3,(H,18,22)/t10-/m1/s1. The Bertz CT molecular complexity index is 714. The van der Waals surface area contributed by atoms with Crippen LogP contribution in [0.5, 0.6) is 0 Å². The largest absolute Gasteiger partial charge is 0.325 e. The lowest BCUT2D eigenvalue weighted by molar-refractivity contribution is -0.115. The Morgan fingerprint density at radius 3 is 2.91 bits per heavy atom. The monoisotopic (exact) mass is 350 g/mol. The zero-order valence-corrected chi connectivity index (χ0v) is 14.7. The summed E-state index contributed by atoms with van der Waals surface area (Å²) < 4.78 is 2.12. The fourth-order valence-corrected chi connectivity index (χ4v) is 3.46. The van der Waals surface area contributed by atoms with Crippen molar-refractivity contribution in [1.82, 2.24) is 14.8 Å². The molecule has 1 amide bonds. The number of rotatable bonds is 6. The van der Waals surface area contributed by atoms with Gasteiger partial charge in [-0.15, -0.1) is 10.2 Å². The Morgan fingerprint density at radius 2 is 2.26 bits per heavy atom. The number of amides is 1. The average Bonchev–Trinajstić information content (AvgIpc) is 3.28. The summed E-state index contributed by atoms with van der Waals surface area (Å²) in [4.78, 5) is 12.3. The van der Waals surface area contributed by atoms with Crippen LogP contribution in [0.2, 0.25) is 5.02 Å². The van der Waals surface area contributed by atoms with E-state index in [1.807, 2.05) is 19.1 Å².